The molecule has 2 amide bonds. The first-order chi connectivity index (χ1) is 15.9. The first-order valence-corrected chi connectivity index (χ1v) is 12.2. The second-order valence-corrected chi connectivity index (χ2v) is 10.1. The van der Waals surface area contributed by atoms with Crippen molar-refractivity contribution >= 4 is 46.3 Å². The molecule has 0 spiro atoms. The topological polar surface area (TPSA) is 102 Å². The molecule has 0 aliphatic carbocycles. The predicted molar refractivity (Wildman–Crippen MR) is 128 cm³/mol. The third-order valence-corrected chi connectivity index (χ3v) is 7.41. The van der Waals surface area contributed by atoms with Crippen molar-refractivity contribution < 1.29 is 24.5 Å². The van der Waals surface area contributed by atoms with E-state index in [-0.39, 0.29) is 25.0 Å². The number of nitrogens with zero attached hydrogens (tertiary/aromatic N) is 2. The summed E-state index contributed by atoms with van der Waals surface area (Å²) in [6, 6.07) is 9.00. The summed E-state index contributed by atoms with van der Waals surface area (Å²) < 4.78 is 5.98. The number of cyclic esters (lactones) is 1. The molecule has 0 saturated carbocycles. The number of piperidine rings is 1. The van der Waals surface area contributed by atoms with Crippen LogP contribution in [0.25, 0.3) is 0 Å². The summed E-state index contributed by atoms with van der Waals surface area (Å²) in [4.78, 5) is 28.7. The van der Waals surface area contributed by atoms with Crippen LogP contribution in [0.1, 0.15) is 34.5 Å². The fourth-order valence-corrected chi connectivity index (χ4v) is 5.44. The number of nitrogens with one attached hydrogen (secondary N) is 1. The zero-order chi connectivity index (χ0) is 23.5. The fourth-order valence-electron chi connectivity index (χ4n) is 4.48. The number of rotatable bonds is 7. The number of carbonyl (C=O) groups is 2. The summed E-state index contributed by atoms with van der Waals surface area (Å²) in [5.41, 5.74) is 2.56. The monoisotopic (exact) mass is 493 g/mol. The predicted octanol–water partition coefficient (Wildman–Crippen LogP) is 3.38. The van der Waals surface area contributed by atoms with Crippen LogP contribution in [0.2, 0.25) is 4.34 Å². The van der Waals surface area contributed by atoms with Crippen LogP contribution < -0.4 is 15.1 Å². The second kappa shape index (κ2) is 10.3. The van der Waals surface area contributed by atoms with Crippen LogP contribution in [0, 0.1) is 12.8 Å². The molecule has 2 saturated heterocycles. The van der Waals surface area contributed by atoms with Gasteiger partial charge in [0, 0.05) is 30.4 Å². The lowest BCUT2D eigenvalue weighted by Gasteiger charge is -2.40. The Bertz CT molecular complexity index is 1010. The highest BCUT2D eigenvalue weighted by atomic mass is 35.5. The molecule has 10 heteroatoms. The molecule has 0 bridgehead atoms. The number of aryl methyl sites for hydroxylation is 1. The Balaban J connectivity index is 1.39. The van der Waals surface area contributed by atoms with Gasteiger partial charge in [0.2, 0.25) is 0 Å². The lowest BCUT2D eigenvalue weighted by molar-refractivity contribution is 0.0635. The molecule has 1 aromatic carbocycles. The summed E-state index contributed by atoms with van der Waals surface area (Å²) in [5.74, 6) is -0.209. The average molecular weight is 494 g/mol. The molecule has 2 aliphatic heterocycles. The standard InChI is InChI=1S/C23H28ClN3O5S/c1-14-11-16(4-5-18(14)26-9-2-3-15(8-10-28)22(26)30)27-13-17(32-23(27)31)12-25-21(29)19-6-7-20(24)33-19/h4-7,11,15,17,22,28,30H,2-3,8-10,12-13H2,1H3,(H,25,29)/t15?,17-,22?/m0/s1. The van der Waals surface area contributed by atoms with Gasteiger partial charge in [0.1, 0.15) is 12.3 Å². The van der Waals surface area contributed by atoms with Crippen LogP contribution in [0.3, 0.4) is 0 Å². The van der Waals surface area contributed by atoms with E-state index in [4.69, 9.17) is 16.3 Å². The molecule has 178 valence electrons. The molecule has 0 radical (unpaired) electrons. The van der Waals surface area contributed by atoms with E-state index in [2.05, 4.69) is 5.32 Å². The lowest BCUT2D eigenvalue weighted by atomic mass is 9.92. The Labute approximate surface area is 201 Å². The largest absolute Gasteiger partial charge is 0.442 e. The third kappa shape index (κ3) is 5.27. The van der Waals surface area contributed by atoms with Crippen molar-refractivity contribution in [1.29, 1.82) is 0 Å². The van der Waals surface area contributed by atoms with Gasteiger partial charge < -0.3 is 25.2 Å². The van der Waals surface area contributed by atoms with Gasteiger partial charge in [-0.15, -0.1) is 11.3 Å². The average Bonchev–Trinajstić information content (AvgIpc) is 3.39. The summed E-state index contributed by atoms with van der Waals surface area (Å²) in [7, 11) is 0. The van der Waals surface area contributed by atoms with E-state index in [1.807, 2.05) is 30.0 Å². The third-order valence-electron chi connectivity index (χ3n) is 6.18. The summed E-state index contributed by atoms with van der Waals surface area (Å²) >= 11 is 7.07. The highest BCUT2D eigenvalue weighted by molar-refractivity contribution is 7.18. The van der Waals surface area contributed by atoms with E-state index in [1.54, 1.807) is 17.0 Å². The van der Waals surface area contributed by atoms with Crippen LogP contribution in [0.5, 0.6) is 0 Å². The molecule has 3 N–H and O–H groups in total. The number of hydrogen-bond donors (Lipinski definition) is 3. The minimum atomic E-state index is -0.640. The van der Waals surface area contributed by atoms with Crippen LogP contribution in [-0.4, -0.2) is 60.8 Å². The lowest BCUT2D eigenvalue weighted by Crippen LogP contribution is -2.46. The molecule has 2 fully saturated rings. The molecule has 2 aliphatic rings. The number of amides is 2. The van der Waals surface area contributed by atoms with Gasteiger partial charge in [0.15, 0.2) is 0 Å². The van der Waals surface area contributed by atoms with Gasteiger partial charge in [-0.05, 0) is 62.1 Å². The van der Waals surface area contributed by atoms with E-state index in [0.29, 0.717) is 27.9 Å². The van der Waals surface area contributed by atoms with Gasteiger partial charge in [-0.3, -0.25) is 9.69 Å². The molecule has 1 aromatic heterocycles. The second-order valence-electron chi connectivity index (χ2n) is 8.42. The van der Waals surface area contributed by atoms with E-state index in [1.165, 1.54) is 11.3 Å². The van der Waals surface area contributed by atoms with E-state index in [0.717, 1.165) is 30.6 Å². The van der Waals surface area contributed by atoms with Gasteiger partial charge in [0.25, 0.3) is 5.91 Å². The van der Waals surface area contributed by atoms with E-state index >= 15 is 0 Å². The summed E-state index contributed by atoms with van der Waals surface area (Å²) in [5, 5.41) is 22.8. The van der Waals surface area contributed by atoms with Crippen LogP contribution in [0.4, 0.5) is 16.2 Å². The molecule has 3 atom stereocenters. The van der Waals surface area contributed by atoms with Crippen molar-refractivity contribution in [3.8, 4) is 0 Å². The van der Waals surface area contributed by atoms with Crippen LogP contribution in [-0.2, 0) is 4.74 Å². The fraction of sp³-hybridized carbons (Fsp3) is 0.478. The highest BCUT2D eigenvalue weighted by Crippen LogP contribution is 2.34. The number of benzene rings is 1. The Morgan fingerprint density at radius 2 is 2.15 bits per heavy atom. The van der Waals surface area contributed by atoms with Gasteiger partial charge >= 0.3 is 6.09 Å². The number of carbonyl (C=O) groups excluding carboxylic acids is 2. The Morgan fingerprint density at radius 3 is 2.85 bits per heavy atom. The number of anilines is 2. The minimum Gasteiger partial charge on any atom is -0.442 e. The number of aliphatic hydroxyl groups excluding tert-OH is 2. The Kier molecular flexibility index (Phi) is 7.43. The molecular weight excluding hydrogens is 466 g/mol. The molecular formula is C23H28ClN3O5S. The first-order valence-electron chi connectivity index (χ1n) is 11.0. The van der Waals surface area contributed by atoms with Crippen molar-refractivity contribution in [3.63, 3.8) is 0 Å². The molecule has 33 heavy (non-hydrogen) atoms. The van der Waals surface area contributed by atoms with Crippen LogP contribution >= 0.6 is 22.9 Å². The molecule has 3 heterocycles. The van der Waals surface area contributed by atoms with Crippen molar-refractivity contribution in [2.24, 2.45) is 5.92 Å². The zero-order valence-electron chi connectivity index (χ0n) is 18.4. The van der Waals surface area contributed by atoms with Crippen LogP contribution in [0.15, 0.2) is 30.3 Å². The normalized spacial score (nSPS) is 23.0. The van der Waals surface area contributed by atoms with Gasteiger partial charge in [-0.1, -0.05) is 11.6 Å². The Hall–Kier alpha value is -2.33. The maximum absolute atomic E-state index is 12.5. The zero-order valence-corrected chi connectivity index (χ0v) is 19.9. The number of thiophene rings is 1. The van der Waals surface area contributed by atoms with Crippen molar-refractivity contribution in [3.05, 3.63) is 45.1 Å². The van der Waals surface area contributed by atoms with Gasteiger partial charge in [-0.25, -0.2) is 4.79 Å². The minimum absolute atomic E-state index is 0.0394. The highest BCUT2D eigenvalue weighted by Gasteiger charge is 2.34. The van der Waals surface area contributed by atoms with Crippen molar-refractivity contribution in [2.45, 2.75) is 38.5 Å². The molecule has 8 nitrogen and oxygen atoms in total. The number of hydrogen-bond acceptors (Lipinski definition) is 7. The summed E-state index contributed by atoms with van der Waals surface area (Å²) in [6.45, 7) is 3.29. The Morgan fingerprint density at radius 1 is 1.33 bits per heavy atom. The molecule has 2 unspecified atom stereocenters. The molecule has 2 aromatic rings. The van der Waals surface area contributed by atoms with E-state index in [9.17, 15) is 19.8 Å². The van der Waals surface area contributed by atoms with E-state index < -0.39 is 18.4 Å². The summed E-state index contributed by atoms with van der Waals surface area (Å²) in [6.07, 6.45) is 0.866. The number of ether oxygens (including phenoxy) is 1. The quantitative estimate of drug-likeness (QED) is 0.546. The SMILES string of the molecule is Cc1cc(N2C[C@H](CNC(=O)c3ccc(Cl)s3)OC2=O)ccc1N1CCCC(CCO)C1O. The smallest absolute Gasteiger partial charge is 0.414 e. The number of aliphatic hydroxyl groups is 2. The maximum Gasteiger partial charge on any atom is 0.414 e. The van der Waals surface area contributed by atoms with Crippen molar-refractivity contribution in [2.75, 3.05) is 36.0 Å². The van der Waals surface area contributed by atoms with Gasteiger partial charge in [-0.2, -0.15) is 0 Å². The first kappa shape index (κ1) is 23.8. The van der Waals surface area contributed by atoms with Gasteiger partial charge in [0.05, 0.1) is 22.3 Å². The van der Waals surface area contributed by atoms with Crippen molar-refractivity contribution in [1.82, 2.24) is 5.32 Å². The number of halogens is 1. The molecule has 4 rings (SSSR count). The maximum atomic E-state index is 12.5.